The van der Waals surface area contributed by atoms with Crippen molar-refractivity contribution in [3.63, 3.8) is 0 Å². The number of hydrogen-bond donors (Lipinski definition) is 0. The Morgan fingerprint density at radius 3 is 0.766 bits per heavy atom. The van der Waals surface area contributed by atoms with E-state index in [1.54, 1.807) is 0 Å². The number of carbonyl (C=O) groups is 3. The van der Waals surface area contributed by atoms with Gasteiger partial charge in [0.1, 0.15) is 13.2 Å². The van der Waals surface area contributed by atoms with Crippen molar-refractivity contribution in [1.82, 2.24) is 0 Å². The predicted octanol–water partition coefficient (Wildman–Crippen LogP) is 19.0. The van der Waals surface area contributed by atoms with E-state index < -0.39 is 6.10 Å². The molecule has 0 amide bonds. The summed E-state index contributed by atoms with van der Waals surface area (Å²) in [5.74, 6) is 0.0158. The van der Waals surface area contributed by atoms with Crippen molar-refractivity contribution in [2.75, 3.05) is 13.2 Å². The highest BCUT2D eigenvalue weighted by Crippen LogP contribution is 2.18. The van der Waals surface area contributed by atoms with Crippen molar-refractivity contribution in [3.05, 3.63) is 0 Å². The van der Waals surface area contributed by atoms with Crippen molar-refractivity contribution in [2.24, 2.45) is 5.92 Å². The first-order valence-electron chi connectivity index (χ1n) is 28.9. The van der Waals surface area contributed by atoms with E-state index in [-0.39, 0.29) is 31.1 Å². The molecule has 1 atom stereocenters. The minimum Gasteiger partial charge on any atom is -0.462 e. The Morgan fingerprint density at radius 2 is 0.516 bits per heavy atom. The average Bonchev–Trinajstić information content (AvgIpc) is 3.28. The van der Waals surface area contributed by atoms with Gasteiger partial charge in [0, 0.05) is 19.3 Å². The molecule has 380 valence electrons. The quantitative estimate of drug-likeness (QED) is 0.0344. The molecule has 0 N–H and O–H groups in total. The molecular weight excluding hydrogens is 793 g/mol. The third-order valence-electron chi connectivity index (χ3n) is 13.3. The van der Waals surface area contributed by atoms with E-state index in [0.717, 1.165) is 63.7 Å². The Kier molecular flexibility index (Phi) is 51.1. The smallest absolute Gasteiger partial charge is 0.306 e. The zero-order valence-corrected chi connectivity index (χ0v) is 43.8. The first-order chi connectivity index (χ1) is 31.4. The second-order valence-corrected chi connectivity index (χ2v) is 20.4. The highest BCUT2D eigenvalue weighted by Gasteiger charge is 2.19. The van der Waals surface area contributed by atoms with Gasteiger partial charge in [0.15, 0.2) is 6.10 Å². The molecule has 6 nitrogen and oxygen atoms in total. The maximum atomic E-state index is 12.8. The summed E-state index contributed by atoms with van der Waals surface area (Å²) >= 11 is 0. The van der Waals surface area contributed by atoms with Gasteiger partial charge in [0.05, 0.1) is 0 Å². The largest absolute Gasteiger partial charge is 0.462 e. The van der Waals surface area contributed by atoms with E-state index in [1.165, 1.54) is 225 Å². The molecular formula is C58H112O6. The molecule has 0 fully saturated rings. The van der Waals surface area contributed by atoms with Gasteiger partial charge in [0.2, 0.25) is 0 Å². The lowest BCUT2D eigenvalue weighted by atomic mass is 10.0. The Balaban J connectivity index is 4.25. The van der Waals surface area contributed by atoms with Crippen LogP contribution in [-0.2, 0) is 28.6 Å². The number of esters is 3. The van der Waals surface area contributed by atoms with E-state index >= 15 is 0 Å². The van der Waals surface area contributed by atoms with Crippen LogP contribution in [0.2, 0.25) is 0 Å². The van der Waals surface area contributed by atoms with Crippen LogP contribution < -0.4 is 0 Å². The average molecular weight is 906 g/mol. The second-order valence-electron chi connectivity index (χ2n) is 20.4. The Bertz CT molecular complexity index is 964. The van der Waals surface area contributed by atoms with Crippen LogP contribution in [0.4, 0.5) is 0 Å². The number of carbonyl (C=O) groups excluding carboxylic acids is 3. The molecule has 6 heteroatoms. The van der Waals surface area contributed by atoms with Gasteiger partial charge in [-0.05, 0) is 25.2 Å². The summed E-state index contributed by atoms with van der Waals surface area (Å²) in [7, 11) is 0. The fourth-order valence-electron chi connectivity index (χ4n) is 8.92. The second kappa shape index (κ2) is 52.4. The zero-order chi connectivity index (χ0) is 46.7. The van der Waals surface area contributed by atoms with Gasteiger partial charge < -0.3 is 14.2 Å². The molecule has 0 radical (unpaired) electrons. The first kappa shape index (κ1) is 62.4. The van der Waals surface area contributed by atoms with Crippen LogP contribution in [0.15, 0.2) is 0 Å². The third-order valence-corrected chi connectivity index (χ3v) is 13.3. The van der Waals surface area contributed by atoms with Crippen molar-refractivity contribution < 1.29 is 28.6 Å². The maximum Gasteiger partial charge on any atom is 0.306 e. The van der Waals surface area contributed by atoms with Crippen LogP contribution in [0.5, 0.6) is 0 Å². The summed E-state index contributed by atoms with van der Waals surface area (Å²) in [5, 5.41) is 0. The topological polar surface area (TPSA) is 78.9 Å². The predicted molar refractivity (Wildman–Crippen MR) is 275 cm³/mol. The van der Waals surface area contributed by atoms with Gasteiger partial charge in [-0.3, -0.25) is 14.4 Å². The first-order valence-corrected chi connectivity index (χ1v) is 28.9. The molecule has 0 heterocycles. The molecule has 0 bridgehead atoms. The van der Waals surface area contributed by atoms with Gasteiger partial charge in [-0.1, -0.05) is 291 Å². The van der Waals surface area contributed by atoms with Crippen LogP contribution in [0.3, 0.4) is 0 Å². The number of rotatable bonds is 53. The van der Waals surface area contributed by atoms with Gasteiger partial charge in [-0.2, -0.15) is 0 Å². The molecule has 0 aliphatic rings. The SMILES string of the molecule is CCCCCCCCCCCCCCCCCCC(=O)OC[C@@H](COC(=O)CCCCCCCCCCCCC)OC(=O)CCCCCCCCCCCCCCCCCCC(C)C. The van der Waals surface area contributed by atoms with E-state index in [1.807, 2.05) is 0 Å². The number of hydrogen-bond acceptors (Lipinski definition) is 6. The third kappa shape index (κ3) is 51.4. The summed E-state index contributed by atoms with van der Waals surface area (Å²) in [4.78, 5) is 38.1. The lowest BCUT2D eigenvalue weighted by Gasteiger charge is -2.18. The molecule has 0 spiro atoms. The minimum absolute atomic E-state index is 0.0618. The molecule has 0 rings (SSSR count). The van der Waals surface area contributed by atoms with Gasteiger partial charge in [-0.15, -0.1) is 0 Å². The van der Waals surface area contributed by atoms with Crippen molar-refractivity contribution in [2.45, 2.75) is 336 Å². The lowest BCUT2D eigenvalue weighted by Crippen LogP contribution is -2.30. The highest BCUT2D eigenvalue weighted by atomic mass is 16.6. The van der Waals surface area contributed by atoms with Crippen LogP contribution >= 0.6 is 0 Å². The van der Waals surface area contributed by atoms with Gasteiger partial charge in [0.25, 0.3) is 0 Å². The molecule has 0 saturated carbocycles. The number of ether oxygens (including phenoxy) is 3. The van der Waals surface area contributed by atoms with Crippen LogP contribution in [0, 0.1) is 5.92 Å². The summed E-state index contributed by atoms with van der Waals surface area (Å²) in [5.41, 5.74) is 0. The van der Waals surface area contributed by atoms with Crippen LogP contribution in [0.25, 0.3) is 0 Å². The maximum absolute atomic E-state index is 12.8. The van der Waals surface area contributed by atoms with Crippen molar-refractivity contribution in [3.8, 4) is 0 Å². The standard InChI is InChI=1S/C58H112O6/c1-5-7-9-11-13-15-17-18-19-23-26-30-34-38-42-46-50-57(60)63-53-55(52-62-56(59)49-45-41-37-33-28-16-14-12-10-8-6-2)64-58(61)51-47-43-39-35-31-27-24-21-20-22-25-29-32-36-40-44-48-54(3)4/h54-55H,5-53H2,1-4H3/t55-/m1/s1. The molecule has 0 saturated heterocycles. The summed E-state index contributed by atoms with van der Waals surface area (Å²) in [6.45, 7) is 9.06. The summed E-state index contributed by atoms with van der Waals surface area (Å²) in [6.07, 6.45) is 56.6. The van der Waals surface area contributed by atoms with E-state index in [9.17, 15) is 14.4 Å². The molecule has 0 aliphatic carbocycles. The van der Waals surface area contributed by atoms with Crippen molar-refractivity contribution in [1.29, 1.82) is 0 Å². The Labute approximate surface area is 399 Å². The Morgan fingerprint density at radius 1 is 0.297 bits per heavy atom. The molecule has 0 aromatic rings. The lowest BCUT2D eigenvalue weighted by molar-refractivity contribution is -0.167. The molecule has 64 heavy (non-hydrogen) atoms. The van der Waals surface area contributed by atoms with E-state index in [4.69, 9.17) is 14.2 Å². The van der Waals surface area contributed by atoms with Gasteiger partial charge in [-0.25, -0.2) is 0 Å². The van der Waals surface area contributed by atoms with Crippen molar-refractivity contribution >= 4 is 17.9 Å². The molecule has 0 aromatic carbocycles. The molecule has 0 unspecified atom stereocenters. The Hall–Kier alpha value is -1.59. The zero-order valence-electron chi connectivity index (χ0n) is 43.8. The fraction of sp³-hybridized carbons (Fsp3) is 0.948. The fourth-order valence-corrected chi connectivity index (χ4v) is 8.92. The highest BCUT2D eigenvalue weighted by molar-refractivity contribution is 5.71. The monoisotopic (exact) mass is 905 g/mol. The molecule has 0 aromatic heterocycles. The summed E-state index contributed by atoms with van der Waals surface area (Å²) < 4.78 is 16.9. The minimum atomic E-state index is -0.761. The van der Waals surface area contributed by atoms with Crippen LogP contribution in [0.1, 0.15) is 329 Å². The van der Waals surface area contributed by atoms with E-state index in [2.05, 4.69) is 27.7 Å². The van der Waals surface area contributed by atoms with E-state index in [0.29, 0.717) is 19.3 Å². The summed E-state index contributed by atoms with van der Waals surface area (Å²) in [6, 6.07) is 0. The number of unbranched alkanes of at least 4 members (excludes halogenated alkanes) is 40. The van der Waals surface area contributed by atoms with Gasteiger partial charge >= 0.3 is 17.9 Å². The normalized spacial score (nSPS) is 12.0. The molecule has 0 aliphatic heterocycles. The van der Waals surface area contributed by atoms with Crippen LogP contribution in [-0.4, -0.2) is 37.2 Å².